The minimum atomic E-state index is -3.76. The quantitative estimate of drug-likeness (QED) is 0.197. The molecule has 0 unspecified atom stereocenters. The third-order valence-corrected chi connectivity index (χ3v) is 10.3. The number of nitrogens with zero attached hydrogens (tertiary/aromatic N) is 3. The van der Waals surface area contributed by atoms with Crippen molar-refractivity contribution in [3.8, 4) is 17.2 Å². The molecule has 1 N–H and O–H groups in total. The SMILES string of the molecule is COc1ccc2c(c1)N(c1ccc(NS(=O)(=O)c3ccc(C)cc3)cc1)c1cc3c(cc1=N2)Oc1c(cc(C(C)(C)C)cc1C(C)(C)C)N=3. The highest BCUT2D eigenvalue weighted by molar-refractivity contribution is 7.92. The molecule has 0 aromatic heterocycles. The standard InChI is InChI=1S/C40H40N4O4S/c1-24-9-16-29(17-10-24)49(45,46)43-26-11-13-27(14-12-26)44-35-21-28(47-8)15-18-31(35)41-32-23-37-33(22-36(32)44)42-34-20-25(39(2,3)4)19-30(38(34)48-37)40(5,6)7/h9-23,43H,1-8H3. The van der Waals surface area contributed by atoms with Gasteiger partial charge in [0.05, 0.1) is 34.4 Å². The van der Waals surface area contributed by atoms with E-state index in [0.29, 0.717) is 22.5 Å². The Morgan fingerprint density at radius 2 is 1.43 bits per heavy atom. The lowest BCUT2D eigenvalue weighted by atomic mass is 9.79. The zero-order valence-corrected chi connectivity index (χ0v) is 29.9. The molecule has 8 nitrogen and oxygen atoms in total. The largest absolute Gasteiger partial charge is 0.497 e. The average molecular weight is 673 g/mol. The third-order valence-electron chi connectivity index (χ3n) is 8.87. The van der Waals surface area contributed by atoms with E-state index in [2.05, 4.69) is 63.3 Å². The fourth-order valence-electron chi connectivity index (χ4n) is 6.07. The molecule has 5 aromatic rings. The number of hydrogen-bond donors (Lipinski definition) is 1. The van der Waals surface area contributed by atoms with Gasteiger partial charge >= 0.3 is 0 Å². The van der Waals surface area contributed by atoms with Gasteiger partial charge in [0.15, 0.2) is 11.5 Å². The average Bonchev–Trinajstić information content (AvgIpc) is 3.04. The summed E-state index contributed by atoms with van der Waals surface area (Å²) in [4.78, 5) is 12.5. The van der Waals surface area contributed by atoms with Crippen molar-refractivity contribution in [2.45, 2.75) is 64.2 Å². The molecule has 0 atom stereocenters. The van der Waals surface area contributed by atoms with Crippen LogP contribution in [0, 0.1) is 6.92 Å². The second-order valence-corrected chi connectivity index (χ2v) is 16.3. The summed E-state index contributed by atoms with van der Waals surface area (Å²) in [7, 11) is -2.12. The number of aryl methyl sites for hydroxylation is 1. The normalized spacial score (nSPS) is 13.5. The van der Waals surface area contributed by atoms with Gasteiger partial charge < -0.3 is 14.4 Å². The van der Waals surface area contributed by atoms with E-state index in [0.717, 1.165) is 50.7 Å². The van der Waals surface area contributed by atoms with Crippen molar-refractivity contribution in [3.05, 3.63) is 118 Å². The fraction of sp³-hybridized carbons (Fsp3) is 0.250. The maximum Gasteiger partial charge on any atom is 0.261 e. The van der Waals surface area contributed by atoms with Crippen LogP contribution in [0.2, 0.25) is 0 Å². The molecule has 0 bridgehead atoms. The van der Waals surface area contributed by atoms with Crippen LogP contribution >= 0.6 is 0 Å². The van der Waals surface area contributed by atoms with Crippen molar-refractivity contribution in [2.75, 3.05) is 16.7 Å². The lowest BCUT2D eigenvalue weighted by molar-refractivity contribution is 0.415. The first kappa shape index (κ1) is 32.4. The molecule has 2 aliphatic heterocycles. The topological polar surface area (TPSA) is 92.6 Å². The Balaban J connectivity index is 1.35. The fourth-order valence-corrected chi connectivity index (χ4v) is 7.13. The van der Waals surface area contributed by atoms with E-state index in [1.165, 1.54) is 5.56 Å². The van der Waals surface area contributed by atoms with E-state index in [4.69, 9.17) is 19.5 Å². The Morgan fingerprint density at radius 3 is 2.08 bits per heavy atom. The number of hydrogen-bond acceptors (Lipinski definition) is 7. The Kier molecular flexibility index (Phi) is 7.59. The predicted octanol–water partition coefficient (Wildman–Crippen LogP) is 9.19. The highest BCUT2D eigenvalue weighted by Crippen LogP contribution is 2.47. The van der Waals surface area contributed by atoms with Crippen LogP contribution < -0.4 is 29.8 Å². The summed E-state index contributed by atoms with van der Waals surface area (Å²) in [6.07, 6.45) is 0. The number of methoxy groups -OCH3 is 1. The zero-order valence-electron chi connectivity index (χ0n) is 29.0. The first-order chi connectivity index (χ1) is 23.1. The molecule has 0 amide bonds. The van der Waals surface area contributed by atoms with Crippen LogP contribution in [0.3, 0.4) is 0 Å². The van der Waals surface area contributed by atoms with Gasteiger partial charge in [-0.05, 0) is 84.0 Å². The van der Waals surface area contributed by atoms with E-state index in [1.54, 1.807) is 43.5 Å². The van der Waals surface area contributed by atoms with Gasteiger partial charge in [-0.15, -0.1) is 0 Å². The molecule has 0 radical (unpaired) electrons. The molecular weight excluding hydrogens is 633 g/mol. The van der Waals surface area contributed by atoms with Crippen molar-refractivity contribution in [1.29, 1.82) is 0 Å². The first-order valence-corrected chi connectivity index (χ1v) is 17.8. The Morgan fingerprint density at radius 1 is 0.735 bits per heavy atom. The maximum absolute atomic E-state index is 13.1. The number of nitrogens with one attached hydrogen (secondary N) is 1. The van der Waals surface area contributed by atoms with Crippen LogP contribution in [0.5, 0.6) is 17.2 Å². The molecule has 0 saturated heterocycles. The van der Waals surface area contributed by atoms with Gasteiger partial charge in [-0.2, -0.15) is 0 Å². The van der Waals surface area contributed by atoms with Crippen molar-refractivity contribution in [3.63, 3.8) is 0 Å². The van der Waals surface area contributed by atoms with Crippen molar-refractivity contribution in [2.24, 2.45) is 9.98 Å². The second kappa shape index (κ2) is 11.5. The minimum Gasteiger partial charge on any atom is -0.497 e. The molecule has 5 aromatic carbocycles. The number of fused-ring (bicyclic) bond motifs is 4. The lowest BCUT2D eigenvalue weighted by Crippen LogP contribution is -2.27. The van der Waals surface area contributed by atoms with Crippen molar-refractivity contribution in [1.82, 2.24) is 0 Å². The number of rotatable bonds is 5. The first-order valence-electron chi connectivity index (χ1n) is 16.3. The van der Waals surface area contributed by atoms with Gasteiger partial charge in [0, 0.05) is 29.1 Å². The molecule has 2 aliphatic rings. The number of benzene rings is 5. The summed E-state index contributed by atoms with van der Waals surface area (Å²) < 4.78 is 41.2. The molecule has 2 heterocycles. The third kappa shape index (κ3) is 6.04. The van der Waals surface area contributed by atoms with E-state index in [9.17, 15) is 8.42 Å². The van der Waals surface area contributed by atoms with E-state index in [1.807, 2.05) is 49.4 Å². The monoisotopic (exact) mass is 672 g/mol. The second-order valence-electron chi connectivity index (χ2n) is 14.7. The minimum absolute atomic E-state index is 0.0698. The summed E-state index contributed by atoms with van der Waals surface area (Å²) >= 11 is 0. The van der Waals surface area contributed by atoms with Crippen molar-refractivity contribution >= 4 is 44.1 Å². The van der Waals surface area contributed by atoms with Crippen LogP contribution in [0.25, 0.3) is 0 Å². The highest BCUT2D eigenvalue weighted by Gasteiger charge is 2.30. The van der Waals surface area contributed by atoms with Gasteiger partial charge in [0.1, 0.15) is 16.8 Å². The van der Waals surface area contributed by atoms with Gasteiger partial charge in [-0.1, -0.05) is 65.3 Å². The maximum atomic E-state index is 13.1. The zero-order chi connectivity index (χ0) is 34.9. The Labute approximate surface area is 287 Å². The number of anilines is 4. The smallest absolute Gasteiger partial charge is 0.261 e. The summed E-state index contributed by atoms with van der Waals surface area (Å²) in [6.45, 7) is 15.1. The highest BCUT2D eigenvalue weighted by atomic mass is 32.2. The molecule has 49 heavy (non-hydrogen) atoms. The van der Waals surface area contributed by atoms with Gasteiger partial charge in [-0.25, -0.2) is 18.4 Å². The summed E-state index contributed by atoms with van der Waals surface area (Å²) in [5, 5.41) is 1.43. The van der Waals surface area contributed by atoms with Crippen LogP contribution in [-0.4, -0.2) is 15.5 Å². The van der Waals surface area contributed by atoms with Gasteiger partial charge in [0.25, 0.3) is 10.0 Å². The Bertz CT molecular complexity index is 2350. The van der Waals surface area contributed by atoms with Crippen LogP contribution in [0.1, 0.15) is 58.2 Å². The number of sulfonamides is 1. The molecule has 0 aliphatic carbocycles. The summed E-state index contributed by atoms with van der Waals surface area (Å²) in [5.74, 6) is 2.10. The van der Waals surface area contributed by atoms with Crippen LogP contribution in [0.4, 0.5) is 34.1 Å². The predicted molar refractivity (Wildman–Crippen MR) is 195 cm³/mol. The van der Waals surface area contributed by atoms with Crippen molar-refractivity contribution < 1.29 is 17.9 Å². The molecule has 0 fully saturated rings. The Hall–Kier alpha value is -5.15. The molecule has 9 heteroatoms. The van der Waals surface area contributed by atoms with Gasteiger partial charge in [0.2, 0.25) is 0 Å². The van der Waals surface area contributed by atoms with E-state index >= 15 is 0 Å². The lowest BCUT2D eigenvalue weighted by Gasteiger charge is -2.31. The van der Waals surface area contributed by atoms with Gasteiger partial charge in [-0.3, -0.25) is 4.72 Å². The van der Waals surface area contributed by atoms with E-state index < -0.39 is 10.0 Å². The van der Waals surface area contributed by atoms with Crippen LogP contribution in [0.15, 0.2) is 106 Å². The summed E-state index contributed by atoms with van der Waals surface area (Å²) in [6, 6.07) is 28.2. The molecular formula is C40H40N4O4S. The summed E-state index contributed by atoms with van der Waals surface area (Å²) in [5.41, 5.74) is 7.52. The molecule has 7 rings (SSSR count). The van der Waals surface area contributed by atoms with E-state index in [-0.39, 0.29) is 15.7 Å². The number of ether oxygens (including phenoxy) is 2. The van der Waals surface area contributed by atoms with Crippen LogP contribution in [-0.2, 0) is 20.9 Å². The molecule has 250 valence electrons. The molecule has 0 saturated carbocycles. The molecule has 0 spiro atoms.